The smallest absolute Gasteiger partial charge is 0.111 e. The Morgan fingerprint density at radius 1 is 0.762 bits per heavy atom. The molecular formula is C16H27N5. The van der Waals surface area contributed by atoms with Crippen LogP contribution in [0.3, 0.4) is 0 Å². The van der Waals surface area contributed by atoms with Gasteiger partial charge in [-0.05, 0) is 25.7 Å². The van der Waals surface area contributed by atoms with E-state index in [0.717, 1.165) is 24.8 Å². The van der Waals surface area contributed by atoms with Crippen molar-refractivity contribution in [3.63, 3.8) is 0 Å². The standard InChI is InChI=1S/C16H27N5/c1-2-6-12-11(5-1)18-15(19-12)9-17-10-16-20-13-7-3-4-8-14(13)21-16/h11-14,17H,1-10H2,(H,18,19)(H,20,21). The molecule has 0 aromatic heterocycles. The molecule has 2 fully saturated rings. The van der Waals surface area contributed by atoms with E-state index < -0.39 is 0 Å². The monoisotopic (exact) mass is 289 g/mol. The fourth-order valence-corrected chi connectivity index (χ4v) is 4.26. The van der Waals surface area contributed by atoms with E-state index in [1.807, 2.05) is 0 Å². The van der Waals surface area contributed by atoms with Gasteiger partial charge in [-0.15, -0.1) is 0 Å². The first kappa shape index (κ1) is 13.6. The topological polar surface area (TPSA) is 60.8 Å². The van der Waals surface area contributed by atoms with Crippen LogP contribution in [0.2, 0.25) is 0 Å². The van der Waals surface area contributed by atoms with Crippen LogP contribution < -0.4 is 16.0 Å². The predicted octanol–water partition coefficient (Wildman–Crippen LogP) is 1.20. The molecule has 0 aromatic carbocycles. The van der Waals surface area contributed by atoms with Crippen molar-refractivity contribution in [2.24, 2.45) is 9.98 Å². The van der Waals surface area contributed by atoms with E-state index in [4.69, 9.17) is 9.98 Å². The molecule has 4 aliphatic rings. The molecule has 0 aromatic rings. The largest absolute Gasteiger partial charge is 0.368 e. The summed E-state index contributed by atoms with van der Waals surface area (Å²) in [5.74, 6) is 2.31. The van der Waals surface area contributed by atoms with E-state index >= 15 is 0 Å². The highest BCUT2D eigenvalue weighted by molar-refractivity contribution is 5.89. The maximum atomic E-state index is 4.83. The molecule has 0 spiro atoms. The first-order valence-corrected chi connectivity index (χ1v) is 8.75. The van der Waals surface area contributed by atoms with Crippen LogP contribution in [0.5, 0.6) is 0 Å². The minimum absolute atomic E-state index is 0.542. The molecule has 0 saturated heterocycles. The van der Waals surface area contributed by atoms with Gasteiger partial charge < -0.3 is 16.0 Å². The molecule has 4 unspecified atom stereocenters. The van der Waals surface area contributed by atoms with E-state index in [9.17, 15) is 0 Å². The summed E-state index contributed by atoms with van der Waals surface area (Å²) in [6.45, 7) is 1.70. The molecular weight excluding hydrogens is 262 g/mol. The molecule has 2 heterocycles. The number of hydrogen-bond donors (Lipinski definition) is 3. The minimum atomic E-state index is 0.542. The zero-order valence-corrected chi connectivity index (χ0v) is 12.8. The van der Waals surface area contributed by atoms with Gasteiger partial charge in [-0.3, -0.25) is 9.98 Å². The van der Waals surface area contributed by atoms with Crippen LogP contribution in [0, 0.1) is 0 Å². The van der Waals surface area contributed by atoms with Gasteiger partial charge in [-0.2, -0.15) is 0 Å². The van der Waals surface area contributed by atoms with Crippen LogP contribution in [-0.4, -0.2) is 48.9 Å². The lowest BCUT2D eigenvalue weighted by Crippen LogP contribution is -2.43. The molecule has 0 bridgehead atoms. The molecule has 0 radical (unpaired) electrons. The third kappa shape index (κ3) is 2.93. The molecule has 5 nitrogen and oxygen atoms in total. The Hall–Kier alpha value is -1.10. The van der Waals surface area contributed by atoms with Crippen LogP contribution in [0.25, 0.3) is 0 Å². The molecule has 116 valence electrons. The lowest BCUT2D eigenvalue weighted by Gasteiger charge is -2.23. The number of amidine groups is 2. The number of aliphatic imine (C=N–C) groups is 2. The summed E-state index contributed by atoms with van der Waals surface area (Å²) in [5.41, 5.74) is 0. The molecule has 2 saturated carbocycles. The van der Waals surface area contributed by atoms with Gasteiger partial charge in [0.25, 0.3) is 0 Å². The molecule has 2 aliphatic heterocycles. The van der Waals surface area contributed by atoms with Gasteiger partial charge in [0.15, 0.2) is 0 Å². The normalized spacial score (nSPS) is 37.9. The number of fused-ring (bicyclic) bond motifs is 2. The Bertz CT molecular complexity index is 404. The van der Waals surface area contributed by atoms with Gasteiger partial charge in [0.05, 0.1) is 25.2 Å². The molecule has 21 heavy (non-hydrogen) atoms. The number of rotatable bonds is 4. The summed E-state index contributed by atoms with van der Waals surface area (Å²) < 4.78 is 0. The third-order valence-electron chi connectivity index (χ3n) is 5.39. The Labute approximate surface area is 127 Å². The van der Waals surface area contributed by atoms with Crippen molar-refractivity contribution in [3.05, 3.63) is 0 Å². The molecule has 0 amide bonds. The number of nitrogens with zero attached hydrogens (tertiary/aromatic N) is 2. The minimum Gasteiger partial charge on any atom is -0.368 e. The van der Waals surface area contributed by atoms with Crippen molar-refractivity contribution < 1.29 is 0 Å². The van der Waals surface area contributed by atoms with Crippen LogP contribution in [0.4, 0.5) is 0 Å². The van der Waals surface area contributed by atoms with Crippen molar-refractivity contribution in [2.75, 3.05) is 13.1 Å². The van der Waals surface area contributed by atoms with E-state index in [-0.39, 0.29) is 0 Å². The summed E-state index contributed by atoms with van der Waals surface area (Å²) in [6, 6.07) is 2.31. The van der Waals surface area contributed by atoms with Gasteiger partial charge in [-0.25, -0.2) is 0 Å². The van der Waals surface area contributed by atoms with E-state index in [1.165, 1.54) is 51.4 Å². The summed E-state index contributed by atoms with van der Waals surface area (Å²) in [4.78, 5) is 9.66. The second-order valence-corrected chi connectivity index (χ2v) is 6.96. The Morgan fingerprint density at radius 2 is 1.24 bits per heavy atom. The fraction of sp³-hybridized carbons (Fsp3) is 0.875. The average Bonchev–Trinajstić information content (AvgIpc) is 3.09. The molecule has 4 atom stereocenters. The van der Waals surface area contributed by atoms with Crippen molar-refractivity contribution in [3.8, 4) is 0 Å². The highest BCUT2D eigenvalue weighted by Crippen LogP contribution is 2.25. The average molecular weight is 289 g/mol. The maximum Gasteiger partial charge on any atom is 0.111 e. The van der Waals surface area contributed by atoms with Crippen molar-refractivity contribution in [2.45, 2.75) is 75.5 Å². The first-order chi connectivity index (χ1) is 10.4. The lowest BCUT2D eigenvalue weighted by molar-refractivity contribution is 0.384. The molecule has 3 N–H and O–H groups in total. The first-order valence-electron chi connectivity index (χ1n) is 8.75. The second kappa shape index (κ2) is 5.95. The Morgan fingerprint density at radius 3 is 1.71 bits per heavy atom. The van der Waals surface area contributed by atoms with Crippen LogP contribution in [0.15, 0.2) is 9.98 Å². The zero-order chi connectivity index (χ0) is 14.1. The summed E-state index contributed by atoms with van der Waals surface area (Å²) in [5, 5.41) is 10.7. The summed E-state index contributed by atoms with van der Waals surface area (Å²) >= 11 is 0. The zero-order valence-electron chi connectivity index (χ0n) is 12.8. The molecule has 4 rings (SSSR count). The van der Waals surface area contributed by atoms with Gasteiger partial charge in [0.1, 0.15) is 11.7 Å². The van der Waals surface area contributed by atoms with Crippen LogP contribution in [-0.2, 0) is 0 Å². The van der Waals surface area contributed by atoms with Crippen molar-refractivity contribution >= 4 is 11.7 Å². The van der Waals surface area contributed by atoms with Crippen molar-refractivity contribution in [1.29, 1.82) is 0 Å². The molecule has 2 aliphatic carbocycles. The quantitative estimate of drug-likeness (QED) is 0.729. The van der Waals surface area contributed by atoms with Gasteiger partial charge in [-0.1, -0.05) is 25.7 Å². The Kier molecular flexibility index (Phi) is 3.84. The number of hydrogen-bond acceptors (Lipinski definition) is 5. The lowest BCUT2D eigenvalue weighted by atomic mass is 9.92. The fourth-order valence-electron chi connectivity index (χ4n) is 4.26. The van der Waals surface area contributed by atoms with Gasteiger partial charge in [0, 0.05) is 12.1 Å². The SMILES string of the molecule is C1CCC2NC(CNCC3=NC4CCCCC4N3)=NC2C1. The van der Waals surface area contributed by atoms with Crippen LogP contribution >= 0.6 is 0 Å². The van der Waals surface area contributed by atoms with Crippen molar-refractivity contribution in [1.82, 2.24) is 16.0 Å². The highest BCUT2D eigenvalue weighted by atomic mass is 15.2. The Balaban J connectivity index is 1.23. The third-order valence-corrected chi connectivity index (χ3v) is 5.39. The maximum absolute atomic E-state index is 4.83. The van der Waals surface area contributed by atoms with E-state index in [2.05, 4.69) is 16.0 Å². The van der Waals surface area contributed by atoms with E-state index in [0.29, 0.717) is 24.2 Å². The van der Waals surface area contributed by atoms with E-state index in [1.54, 1.807) is 0 Å². The summed E-state index contributed by atoms with van der Waals surface area (Å²) in [7, 11) is 0. The molecule has 5 heteroatoms. The predicted molar refractivity (Wildman–Crippen MR) is 86.1 cm³/mol. The van der Waals surface area contributed by atoms with Gasteiger partial charge >= 0.3 is 0 Å². The highest BCUT2D eigenvalue weighted by Gasteiger charge is 2.31. The second-order valence-electron chi connectivity index (χ2n) is 6.96. The van der Waals surface area contributed by atoms with Crippen LogP contribution in [0.1, 0.15) is 51.4 Å². The van der Waals surface area contributed by atoms with Gasteiger partial charge in [0.2, 0.25) is 0 Å². The number of nitrogens with one attached hydrogen (secondary N) is 3. The summed E-state index contributed by atoms with van der Waals surface area (Å²) in [6.07, 6.45) is 10.5.